The van der Waals surface area contributed by atoms with E-state index in [0.717, 1.165) is 24.8 Å². The molecule has 1 atom stereocenters. The summed E-state index contributed by atoms with van der Waals surface area (Å²) in [5.41, 5.74) is 2.49. The van der Waals surface area contributed by atoms with Gasteiger partial charge in [-0.15, -0.1) is 0 Å². The van der Waals surface area contributed by atoms with Crippen molar-refractivity contribution in [2.45, 2.75) is 32.2 Å². The maximum Gasteiger partial charge on any atom is 0.293 e. The number of hydrogen-bond acceptors (Lipinski definition) is 6. The largest absolute Gasteiger partial charge is 0.359 e. The highest BCUT2D eigenvalue weighted by Crippen LogP contribution is 2.39. The highest BCUT2D eigenvalue weighted by Gasteiger charge is 2.30. The molecule has 1 aliphatic heterocycles. The number of carbonyl (C=O) groups is 2. The average Bonchev–Trinajstić information content (AvgIpc) is 2.84. The summed E-state index contributed by atoms with van der Waals surface area (Å²) < 4.78 is 0. The van der Waals surface area contributed by atoms with Gasteiger partial charge in [0.2, 0.25) is 0 Å². The molecule has 1 N–H and O–H groups in total. The lowest BCUT2D eigenvalue weighted by Gasteiger charge is -2.37. The van der Waals surface area contributed by atoms with Gasteiger partial charge in [0, 0.05) is 41.8 Å². The van der Waals surface area contributed by atoms with Gasteiger partial charge in [-0.05, 0) is 62.1 Å². The summed E-state index contributed by atoms with van der Waals surface area (Å²) in [4.78, 5) is 42.2. The number of nitro benzene ring substituents is 1. The van der Waals surface area contributed by atoms with Crippen molar-refractivity contribution in [3.63, 3.8) is 0 Å². The molecule has 1 fully saturated rings. The fraction of sp³-hybridized carbons (Fsp3) is 0.240. The number of ketones is 1. The third kappa shape index (κ3) is 4.90. The van der Waals surface area contributed by atoms with Gasteiger partial charge in [0.1, 0.15) is 5.69 Å². The average molecular weight is 444 g/mol. The first kappa shape index (κ1) is 22.1. The van der Waals surface area contributed by atoms with Crippen LogP contribution in [0, 0.1) is 10.1 Å². The van der Waals surface area contributed by atoms with Crippen LogP contribution < -0.4 is 10.2 Å². The molecule has 0 aliphatic carbocycles. The van der Waals surface area contributed by atoms with Crippen LogP contribution in [0.4, 0.5) is 17.1 Å². The Kier molecular flexibility index (Phi) is 6.44. The molecular weight excluding hydrogens is 420 g/mol. The van der Waals surface area contributed by atoms with E-state index in [4.69, 9.17) is 0 Å². The van der Waals surface area contributed by atoms with E-state index >= 15 is 0 Å². The first-order valence-electron chi connectivity index (χ1n) is 10.8. The Morgan fingerprint density at radius 1 is 1.09 bits per heavy atom. The second-order valence-corrected chi connectivity index (χ2v) is 8.04. The number of amides is 1. The molecule has 8 heteroatoms. The number of Topliss-reactive ketones (excluding diaryl/α,β-unsaturated/α-hetero) is 1. The number of aromatic nitrogens is 1. The van der Waals surface area contributed by atoms with E-state index < -0.39 is 10.8 Å². The van der Waals surface area contributed by atoms with Crippen LogP contribution in [-0.4, -0.2) is 28.1 Å². The maximum absolute atomic E-state index is 12.8. The molecular formula is C25H24N4O4. The van der Waals surface area contributed by atoms with Crippen molar-refractivity contribution < 1.29 is 14.5 Å². The summed E-state index contributed by atoms with van der Waals surface area (Å²) in [5.74, 6) is -0.594. The van der Waals surface area contributed by atoms with Gasteiger partial charge < -0.3 is 10.2 Å². The third-order valence-electron chi connectivity index (χ3n) is 5.84. The highest BCUT2D eigenvalue weighted by molar-refractivity contribution is 6.06. The number of nitro groups is 1. The minimum atomic E-state index is -0.479. The molecule has 2 aromatic carbocycles. The fourth-order valence-corrected chi connectivity index (χ4v) is 4.21. The van der Waals surface area contributed by atoms with E-state index in [0.29, 0.717) is 23.5 Å². The molecule has 1 aromatic heterocycles. The summed E-state index contributed by atoms with van der Waals surface area (Å²) in [7, 11) is 0. The topological polar surface area (TPSA) is 105 Å². The van der Waals surface area contributed by atoms with Crippen molar-refractivity contribution in [3.05, 3.63) is 93.8 Å². The normalized spacial score (nSPS) is 15.7. The zero-order valence-corrected chi connectivity index (χ0v) is 18.2. The molecule has 33 heavy (non-hydrogen) atoms. The lowest BCUT2D eigenvalue weighted by Crippen LogP contribution is -2.34. The van der Waals surface area contributed by atoms with Crippen molar-refractivity contribution in [3.8, 4) is 0 Å². The first-order valence-corrected chi connectivity index (χ1v) is 10.8. The molecule has 0 radical (unpaired) electrons. The van der Waals surface area contributed by atoms with Crippen LogP contribution in [-0.2, 0) is 0 Å². The molecule has 1 saturated heterocycles. The number of anilines is 2. The lowest BCUT2D eigenvalue weighted by atomic mass is 9.95. The van der Waals surface area contributed by atoms with Gasteiger partial charge in [-0.1, -0.05) is 18.2 Å². The van der Waals surface area contributed by atoms with Crippen LogP contribution in [0.3, 0.4) is 0 Å². The van der Waals surface area contributed by atoms with Gasteiger partial charge in [0.15, 0.2) is 5.78 Å². The SMILES string of the molecule is CC(=O)c1cccc(NC(=O)c2ccc(N3CCCCC3c3cccnc3)c([N+](=O)[O-])c2)c1. The van der Waals surface area contributed by atoms with Crippen LogP contribution in [0.2, 0.25) is 0 Å². The van der Waals surface area contributed by atoms with Crippen LogP contribution in [0.15, 0.2) is 67.0 Å². The van der Waals surface area contributed by atoms with E-state index in [-0.39, 0.29) is 23.1 Å². The van der Waals surface area contributed by atoms with Crippen molar-refractivity contribution in [1.82, 2.24) is 4.98 Å². The number of benzene rings is 2. The first-order chi connectivity index (χ1) is 15.9. The maximum atomic E-state index is 12.8. The number of hydrogen-bond donors (Lipinski definition) is 1. The Bertz CT molecular complexity index is 1200. The molecule has 0 bridgehead atoms. The van der Waals surface area contributed by atoms with E-state index in [1.807, 2.05) is 17.0 Å². The second kappa shape index (κ2) is 9.60. The third-order valence-corrected chi connectivity index (χ3v) is 5.84. The summed E-state index contributed by atoms with van der Waals surface area (Å²) in [5, 5.41) is 14.7. The minimum absolute atomic E-state index is 0.0138. The predicted molar refractivity (Wildman–Crippen MR) is 126 cm³/mol. The standard InChI is InChI=1S/C25H24N4O4/c1-17(30)18-6-4-8-21(14-18)27-25(31)19-10-11-23(24(15-19)29(32)33)28-13-3-2-9-22(28)20-7-5-12-26-16-20/h4-8,10-12,14-16,22H,2-3,9,13H2,1H3,(H,27,31). The monoisotopic (exact) mass is 444 g/mol. The van der Waals surface area contributed by atoms with E-state index in [1.54, 1.807) is 48.8 Å². The van der Waals surface area contributed by atoms with Crippen molar-refractivity contribution in [2.75, 3.05) is 16.8 Å². The van der Waals surface area contributed by atoms with Gasteiger partial charge in [-0.3, -0.25) is 24.7 Å². The Morgan fingerprint density at radius 3 is 2.67 bits per heavy atom. The molecule has 0 saturated carbocycles. The summed E-state index contributed by atoms with van der Waals surface area (Å²) in [6.07, 6.45) is 6.34. The number of carbonyl (C=O) groups excluding carboxylic acids is 2. The van der Waals surface area contributed by atoms with Crippen LogP contribution in [0.25, 0.3) is 0 Å². The van der Waals surface area contributed by atoms with Gasteiger partial charge in [-0.2, -0.15) is 0 Å². The van der Waals surface area contributed by atoms with Gasteiger partial charge in [0.05, 0.1) is 11.0 Å². The number of nitrogens with one attached hydrogen (secondary N) is 1. The number of piperidine rings is 1. The Labute approximate surface area is 191 Å². The molecule has 0 spiro atoms. The zero-order valence-electron chi connectivity index (χ0n) is 18.2. The van der Waals surface area contributed by atoms with E-state index in [9.17, 15) is 19.7 Å². The molecule has 1 unspecified atom stereocenters. The molecule has 1 aliphatic rings. The number of pyridine rings is 1. The quantitative estimate of drug-likeness (QED) is 0.319. The Morgan fingerprint density at radius 2 is 1.94 bits per heavy atom. The van der Waals surface area contributed by atoms with Crippen LogP contribution in [0.5, 0.6) is 0 Å². The Hall–Kier alpha value is -4.07. The summed E-state index contributed by atoms with van der Waals surface area (Å²) in [6, 6.07) is 15.0. The second-order valence-electron chi connectivity index (χ2n) is 8.04. The van der Waals surface area contributed by atoms with Crippen LogP contribution in [0.1, 0.15) is 58.5 Å². The molecule has 8 nitrogen and oxygen atoms in total. The van der Waals surface area contributed by atoms with Crippen molar-refractivity contribution in [2.24, 2.45) is 0 Å². The van der Waals surface area contributed by atoms with E-state index in [2.05, 4.69) is 10.3 Å². The molecule has 1 amide bonds. The number of nitrogens with zero attached hydrogens (tertiary/aromatic N) is 3. The van der Waals surface area contributed by atoms with Gasteiger partial charge in [-0.25, -0.2) is 0 Å². The zero-order chi connectivity index (χ0) is 23.4. The molecule has 4 rings (SSSR count). The smallest absolute Gasteiger partial charge is 0.293 e. The minimum Gasteiger partial charge on any atom is -0.359 e. The summed E-state index contributed by atoms with van der Waals surface area (Å²) >= 11 is 0. The van der Waals surface area contributed by atoms with Gasteiger partial charge >= 0.3 is 0 Å². The molecule has 168 valence electrons. The van der Waals surface area contributed by atoms with Crippen LogP contribution >= 0.6 is 0 Å². The molecule has 3 aromatic rings. The van der Waals surface area contributed by atoms with Crippen molar-refractivity contribution >= 4 is 28.8 Å². The van der Waals surface area contributed by atoms with Crippen molar-refractivity contribution in [1.29, 1.82) is 0 Å². The highest BCUT2D eigenvalue weighted by atomic mass is 16.6. The van der Waals surface area contributed by atoms with E-state index in [1.165, 1.54) is 13.0 Å². The fourth-order valence-electron chi connectivity index (χ4n) is 4.21. The predicted octanol–water partition coefficient (Wildman–Crippen LogP) is 5.18. The molecule has 2 heterocycles. The van der Waals surface area contributed by atoms with Gasteiger partial charge in [0.25, 0.3) is 11.6 Å². The lowest BCUT2D eigenvalue weighted by molar-refractivity contribution is -0.384. The summed E-state index contributed by atoms with van der Waals surface area (Å²) in [6.45, 7) is 2.13. The number of rotatable bonds is 6. The Balaban J connectivity index is 1.64.